The number of aromatic nitrogens is 1. The SMILES string of the molecule is C1=C(c2ccc(-c3ccno3)cc2)CC2CCCC1N2Cc1ccccc1. The zero-order valence-corrected chi connectivity index (χ0v) is 15.4. The van der Waals surface area contributed by atoms with Crippen LogP contribution >= 0.6 is 0 Å². The summed E-state index contributed by atoms with van der Waals surface area (Å²) in [6, 6.07) is 22.7. The Morgan fingerprint density at radius 3 is 2.48 bits per heavy atom. The highest BCUT2D eigenvalue weighted by molar-refractivity contribution is 5.70. The highest BCUT2D eigenvalue weighted by atomic mass is 16.5. The lowest BCUT2D eigenvalue weighted by molar-refractivity contribution is 0.0951. The van der Waals surface area contributed by atoms with Gasteiger partial charge in [0.25, 0.3) is 0 Å². The van der Waals surface area contributed by atoms with E-state index >= 15 is 0 Å². The highest BCUT2D eigenvalue weighted by Gasteiger charge is 2.33. The van der Waals surface area contributed by atoms with E-state index in [4.69, 9.17) is 4.52 Å². The molecule has 3 aromatic rings. The van der Waals surface area contributed by atoms with Crippen LogP contribution in [0.2, 0.25) is 0 Å². The van der Waals surface area contributed by atoms with Gasteiger partial charge in [-0.25, -0.2) is 0 Å². The van der Waals surface area contributed by atoms with Gasteiger partial charge in [0, 0.05) is 30.3 Å². The molecule has 2 aromatic carbocycles. The van der Waals surface area contributed by atoms with E-state index in [1.165, 1.54) is 36.0 Å². The molecule has 2 aliphatic heterocycles. The molecule has 3 heteroatoms. The summed E-state index contributed by atoms with van der Waals surface area (Å²) in [4.78, 5) is 2.71. The second kappa shape index (κ2) is 7.16. The first-order valence-corrected chi connectivity index (χ1v) is 9.89. The van der Waals surface area contributed by atoms with Crippen molar-refractivity contribution in [2.45, 2.75) is 44.3 Å². The van der Waals surface area contributed by atoms with Gasteiger partial charge in [0.05, 0.1) is 6.20 Å². The number of benzene rings is 2. The lowest BCUT2D eigenvalue weighted by Gasteiger charge is -2.45. The second-order valence-electron chi connectivity index (χ2n) is 7.66. The summed E-state index contributed by atoms with van der Waals surface area (Å²) < 4.78 is 5.26. The molecule has 0 spiro atoms. The molecule has 1 saturated heterocycles. The maximum Gasteiger partial charge on any atom is 0.166 e. The van der Waals surface area contributed by atoms with Crippen LogP contribution in [0.1, 0.15) is 36.8 Å². The molecular weight excluding hydrogens is 332 g/mol. The largest absolute Gasteiger partial charge is 0.356 e. The van der Waals surface area contributed by atoms with Crippen LogP contribution in [0.25, 0.3) is 16.9 Å². The molecule has 3 nitrogen and oxygen atoms in total. The number of hydrogen-bond acceptors (Lipinski definition) is 3. The van der Waals surface area contributed by atoms with E-state index < -0.39 is 0 Å². The predicted octanol–water partition coefficient (Wildman–Crippen LogP) is 5.55. The van der Waals surface area contributed by atoms with E-state index in [2.05, 4.69) is 70.7 Å². The van der Waals surface area contributed by atoms with Crippen molar-refractivity contribution in [2.24, 2.45) is 0 Å². The normalized spacial score (nSPS) is 22.4. The van der Waals surface area contributed by atoms with E-state index in [1.807, 2.05) is 6.07 Å². The van der Waals surface area contributed by atoms with Gasteiger partial charge in [0.15, 0.2) is 5.76 Å². The van der Waals surface area contributed by atoms with Crippen LogP contribution in [0.15, 0.2) is 77.5 Å². The Morgan fingerprint density at radius 1 is 0.926 bits per heavy atom. The first-order chi connectivity index (χ1) is 13.4. The molecule has 1 aromatic heterocycles. The van der Waals surface area contributed by atoms with Gasteiger partial charge in [-0.1, -0.05) is 72.3 Å². The quantitative estimate of drug-likeness (QED) is 0.613. The molecule has 0 amide bonds. The first-order valence-electron chi connectivity index (χ1n) is 9.89. The number of piperidine rings is 1. The van der Waals surface area contributed by atoms with Crippen molar-refractivity contribution < 1.29 is 4.52 Å². The summed E-state index contributed by atoms with van der Waals surface area (Å²) in [5, 5.41) is 3.80. The smallest absolute Gasteiger partial charge is 0.166 e. The Morgan fingerprint density at radius 2 is 1.74 bits per heavy atom. The Kier molecular flexibility index (Phi) is 4.38. The fourth-order valence-corrected chi connectivity index (χ4v) is 4.59. The summed E-state index contributed by atoms with van der Waals surface area (Å²) in [6.45, 7) is 1.06. The number of fused-ring (bicyclic) bond motifs is 2. The number of hydrogen-bond donors (Lipinski definition) is 0. The van der Waals surface area contributed by atoms with Gasteiger partial charge in [0.1, 0.15) is 0 Å². The summed E-state index contributed by atoms with van der Waals surface area (Å²) >= 11 is 0. The maximum absolute atomic E-state index is 5.26. The third kappa shape index (κ3) is 3.35. The molecule has 5 rings (SSSR count). The van der Waals surface area contributed by atoms with Crippen LogP contribution in [0, 0.1) is 0 Å². The number of nitrogens with zero attached hydrogens (tertiary/aromatic N) is 2. The van der Waals surface area contributed by atoms with Gasteiger partial charge in [-0.15, -0.1) is 0 Å². The maximum atomic E-state index is 5.26. The van der Waals surface area contributed by atoms with E-state index in [1.54, 1.807) is 6.20 Å². The van der Waals surface area contributed by atoms with Gasteiger partial charge >= 0.3 is 0 Å². The van der Waals surface area contributed by atoms with Crippen molar-refractivity contribution in [1.82, 2.24) is 10.1 Å². The third-order valence-electron chi connectivity index (χ3n) is 5.97. The lowest BCUT2D eigenvalue weighted by Crippen LogP contribution is -2.47. The average Bonchev–Trinajstić information content (AvgIpc) is 3.24. The molecule has 0 N–H and O–H groups in total. The van der Waals surface area contributed by atoms with Crippen LogP contribution in [-0.2, 0) is 6.54 Å². The minimum Gasteiger partial charge on any atom is -0.356 e. The molecule has 2 bridgehead atoms. The second-order valence-corrected chi connectivity index (χ2v) is 7.66. The standard InChI is InChI=1S/C24H24N2O/c1-2-5-18(6-3-1)17-26-22-7-4-8-23(26)16-21(15-22)19-9-11-20(12-10-19)24-13-14-25-27-24/h1-3,5-6,9-15,22-23H,4,7-8,16-17H2. The summed E-state index contributed by atoms with van der Waals surface area (Å²) in [5.74, 6) is 0.824. The molecule has 2 unspecified atom stereocenters. The van der Waals surface area contributed by atoms with Crippen LogP contribution in [-0.4, -0.2) is 22.1 Å². The van der Waals surface area contributed by atoms with Gasteiger partial charge < -0.3 is 4.52 Å². The van der Waals surface area contributed by atoms with Crippen molar-refractivity contribution >= 4 is 5.57 Å². The monoisotopic (exact) mass is 356 g/mol. The molecule has 2 atom stereocenters. The van der Waals surface area contributed by atoms with E-state index in [9.17, 15) is 0 Å². The van der Waals surface area contributed by atoms with E-state index in [-0.39, 0.29) is 0 Å². The van der Waals surface area contributed by atoms with Crippen molar-refractivity contribution in [2.75, 3.05) is 0 Å². The summed E-state index contributed by atoms with van der Waals surface area (Å²) in [5.41, 5.74) is 5.34. The molecule has 0 radical (unpaired) electrons. The Bertz CT molecular complexity index is 913. The first kappa shape index (κ1) is 16.5. The Hall–Kier alpha value is -2.65. The molecule has 2 aliphatic rings. The number of rotatable bonds is 4. The Labute approximate surface area is 160 Å². The molecule has 136 valence electrons. The fraction of sp³-hybridized carbons (Fsp3) is 0.292. The highest BCUT2D eigenvalue weighted by Crippen LogP contribution is 2.38. The van der Waals surface area contributed by atoms with Crippen LogP contribution in [0.3, 0.4) is 0 Å². The molecular formula is C24H24N2O. The average molecular weight is 356 g/mol. The fourth-order valence-electron chi connectivity index (χ4n) is 4.59. The molecule has 3 heterocycles. The van der Waals surface area contributed by atoms with Gasteiger partial charge in [0.2, 0.25) is 0 Å². The van der Waals surface area contributed by atoms with E-state index in [0.29, 0.717) is 12.1 Å². The van der Waals surface area contributed by atoms with Crippen LogP contribution < -0.4 is 0 Å². The zero-order valence-electron chi connectivity index (χ0n) is 15.4. The van der Waals surface area contributed by atoms with Gasteiger partial charge in [-0.05, 0) is 36.0 Å². The van der Waals surface area contributed by atoms with E-state index in [0.717, 1.165) is 24.3 Å². The summed E-state index contributed by atoms with van der Waals surface area (Å²) in [7, 11) is 0. The van der Waals surface area contributed by atoms with Crippen LogP contribution in [0.5, 0.6) is 0 Å². The van der Waals surface area contributed by atoms with Crippen molar-refractivity contribution in [3.63, 3.8) is 0 Å². The molecule has 0 aliphatic carbocycles. The third-order valence-corrected chi connectivity index (χ3v) is 5.97. The zero-order chi connectivity index (χ0) is 18.1. The lowest BCUT2D eigenvalue weighted by atomic mass is 9.82. The van der Waals surface area contributed by atoms with Crippen molar-refractivity contribution in [1.29, 1.82) is 0 Å². The van der Waals surface area contributed by atoms with Gasteiger partial charge in [-0.3, -0.25) is 4.90 Å². The minimum atomic E-state index is 0.557. The van der Waals surface area contributed by atoms with Gasteiger partial charge in [-0.2, -0.15) is 0 Å². The van der Waals surface area contributed by atoms with Crippen molar-refractivity contribution in [3.05, 3.63) is 84.1 Å². The topological polar surface area (TPSA) is 29.3 Å². The minimum absolute atomic E-state index is 0.557. The van der Waals surface area contributed by atoms with Crippen molar-refractivity contribution in [3.8, 4) is 11.3 Å². The Balaban J connectivity index is 1.38. The summed E-state index contributed by atoms with van der Waals surface area (Å²) in [6.07, 6.45) is 9.26. The van der Waals surface area contributed by atoms with Crippen LogP contribution in [0.4, 0.5) is 0 Å². The molecule has 27 heavy (non-hydrogen) atoms. The molecule has 0 saturated carbocycles. The predicted molar refractivity (Wildman–Crippen MR) is 108 cm³/mol. The molecule has 1 fully saturated rings.